The van der Waals surface area contributed by atoms with Gasteiger partial charge in [-0.2, -0.15) is 0 Å². The summed E-state index contributed by atoms with van der Waals surface area (Å²) < 4.78 is 0. The number of fused-ring (bicyclic) bond motifs is 1. The second-order valence-corrected chi connectivity index (χ2v) is 10.4. The van der Waals surface area contributed by atoms with Crippen LogP contribution in [0.25, 0.3) is 0 Å². The fourth-order valence-corrected chi connectivity index (χ4v) is 4.90. The summed E-state index contributed by atoms with van der Waals surface area (Å²) in [5.74, 6) is -2.55. The summed E-state index contributed by atoms with van der Waals surface area (Å²) in [4.78, 5) is 65.9. The van der Waals surface area contributed by atoms with Crippen LogP contribution in [0.15, 0.2) is 72.8 Å². The van der Waals surface area contributed by atoms with Crippen molar-refractivity contribution in [1.29, 1.82) is 0 Å². The van der Waals surface area contributed by atoms with Gasteiger partial charge in [-0.05, 0) is 41.8 Å². The minimum Gasteiger partial charge on any atom is -0.370 e. The van der Waals surface area contributed by atoms with E-state index < -0.39 is 36.2 Å². The first-order valence-corrected chi connectivity index (χ1v) is 13.6. The van der Waals surface area contributed by atoms with Crippen molar-refractivity contribution in [3.8, 4) is 0 Å². The summed E-state index contributed by atoms with van der Waals surface area (Å²) >= 11 is 6.07. The van der Waals surface area contributed by atoms with E-state index in [4.69, 9.17) is 17.3 Å². The molecule has 1 aliphatic rings. The molecular weight excluding hydrogens is 544 g/mol. The first kappa shape index (κ1) is 29.5. The van der Waals surface area contributed by atoms with E-state index in [1.807, 2.05) is 24.3 Å². The molecule has 0 spiro atoms. The van der Waals surface area contributed by atoms with E-state index in [0.717, 1.165) is 16.7 Å². The van der Waals surface area contributed by atoms with Crippen molar-refractivity contribution in [3.05, 3.63) is 100 Å². The first-order valence-electron chi connectivity index (χ1n) is 13.2. The number of amides is 4. The number of rotatable bonds is 10. The minimum atomic E-state index is -1.27. The lowest BCUT2D eigenvalue weighted by molar-refractivity contribution is -0.142. The van der Waals surface area contributed by atoms with Gasteiger partial charge in [-0.1, -0.05) is 66.2 Å². The van der Waals surface area contributed by atoms with Crippen LogP contribution in [0.3, 0.4) is 0 Å². The van der Waals surface area contributed by atoms with Crippen LogP contribution in [0.5, 0.6) is 0 Å². The second kappa shape index (κ2) is 13.2. The smallest absolute Gasteiger partial charge is 0.247 e. The van der Waals surface area contributed by atoms with Crippen molar-refractivity contribution in [2.75, 3.05) is 5.32 Å². The first-order chi connectivity index (χ1) is 19.6. The van der Waals surface area contributed by atoms with Gasteiger partial charge in [-0.15, -0.1) is 0 Å². The Labute approximate surface area is 243 Å². The predicted octanol–water partition coefficient (Wildman–Crippen LogP) is 3.56. The number of benzene rings is 3. The summed E-state index contributed by atoms with van der Waals surface area (Å²) in [7, 11) is 0. The average Bonchev–Trinajstić information content (AvgIpc) is 2.96. The van der Waals surface area contributed by atoms with Gasteiger partial charge in [0.15, 0.2) is 5.78 Å². The standard InChI is InChI=1S/C31H31ClN4O5/c1-19-15-23(11-12-24(19)32)34-30(40)25(17-28(33)38)35-31(41)26-16-21-9-5-6-10-22(21)18-36(26)29(39)14-13-27(37)20-7-3-2-4-8-20/h2-12,15,25-26H,13-14,16-18H2,1H3,(H2,33,38)(H,34,40)(H,35,41)/t25-,26-/m0/s1. The maximum atomic E-state index is 13.6. The number of hydrogen-bond acceptors (Lipinski definition) is 5. The normalized spacial score (nSPS) is 14.9. The van der Waals surface area contributed by atoms with Gasteiger partial charge in [-0.25, -0.2) is 0 Å². The highest BCUT2D eigenvalue weighted by Gasteiger charge is 2.36. The Kier molecular flexibility index (Phi) is 9.52. The molecule has 0 aromatic heterocycles. The molecule has 1 heterocycles. The number of Topliss-reactive ketones (excluding diaryl/α,β-unsaturated/α-hetero) is 1. The van der Waals surface area contributed by atoms with Crippen LogP contribution in [-0.2, 0) is 32.1 Å². The molecule has 9 nitrogen and oxygen atoms in total. The molecule has 3 aromatic carbocycles. The molecule has 0 bridgehead atoms. The number of anilines is 1. The third-order valence-corrected chi connectivity index (χ3v) is 7.42. The summed E-state index contributed by atoms with van der Waals surface area (Å²) in [5.41, 5.74) is 8.86. The van der Waals surface area contributed by atoms with E-state index in [1.54, 1.807) is 55.5 Å². The van der Waals surface area contributed by atoms with E-state index in [9.17, 15) is 24.0 Å². The van der Waals surface area contributed by atoms with E-state index >= 15 is 0 Å². The highest BCUT2D eigenvalue weighted by atomic mass is 35.5. The number of ketones is 1. The molecule has 10 heteroatoms. The second-order valence-electron chi connectivity index (χ2n) is 9.98. The Bertz CT molecular complexity index is 1480. The largest absolute Gasteiger partial charge is 0.370 e. The number of nitrogens with one attached hydrogen (secondary N) is 2. The van der Waals surface area contributed by atoms with Crippen LogP contribution in [0, 0.1) is 6.92 Å². The molecule has 212 valence electrons. The molecule has 0 aliphatic carbocycles. The monoisotopic (exact) mass is 574 g/mol. The van der Waals surface area contributed by atoms with Crippen LogP contribution >= 0.6 is 11.6 Å². The van der Waals surface area contributed by atoms with Crippen LogP contribution < -0.4 is 16.4 Å². The van der Waals surface area contributed by atoms with Crippen molar-refractivity contribution in [3.63, 3.8) is 0 Å². The van der Waals surface area contributed by atoms with Crippen LogP contribution in [0.2, 0.25) is 5.02 Å². The summed E-state index contributed by atoms with van der Waals surface area (Å²) in [6.45, 7) is 1.95. The zero-order chi connectivity index (χ0) is 29.5. The fraction of sp³-hybridized carbons (Fsp3) is 0.258. The Hall–Kier alpha value is -4.50. The Morgan fingerprint density at radius 3 is 2.32 bits per heavy atom. The zero-order valence-electron chi connectivity index (χ0n) is 22.6. The molecule has 4 rings (SSSR count). The van der Waals surface area contributed by atoms with E-state index in [0.29, 0.717) is 16.3 Å². The molecular formula is C31H31ClN4O5. The predicted molar refractivity (Wildman–Crippen MR) is 155 cm³/mol. The fourth-order valence-electron chi connectivity index (χ4n) is 4.78. The highest BCUT2D eigenvalue weighted by Crippen LogP contribution is 2.25. The lowest BCUT2D eigenvalue weighted by Crippen LogP contribution is -2.56. The number of nitrogens with zero attached hydrogens (tertiary/aromatic N) is 1. The topological polar surface area (TPSA) is 139 Å². The van der Waals surface area contributed by atoms with Crippen molar-refractivity contribution in [2.24, 2.45) is 5.73 Å². The zero-order valence-corrected chi connectivity index (χ0v) is 23.3. The third-order valence-electron chi connectivity index (χ3n) is 7.00. The molecule has 0 saturated carbocycles. The molecule has 1 aliphatic heterocycles. The van der Waals surface area contributed by atoms with Gasteiger partial charge in [-0.3, -0.25) is 24.0 Å². The molecule has 2 atom stereocenters. The summed E-state index contributed by atoms with van der Waals surface area (Å²) in [6, 6.07) is 18.8. The van der Waals surface area contributed by atoms with Crippen LogP contribution in [-0.4, -0.2) is 46.4 Å². The summed E-state index contributed by atoms with van der Waals surface area (Å²) in [6.07, 6.45) is -0.321. The molecule has 0 fully saturated rings. The Balaban J connectivity index is 1.51. The Morgan fingerprint density at radius 1 is 0.951 bits per heavy atom. The molecule has 4 N–H and O–H groups in total. The molecule has 0 unspecified atom stereocenters. The number of carbonyl (C=O) groups is 5. The number of nitrogens with two attached hydrogens (primary N) is 1. The lowest BCUT2D eigenvalue weighted by atomic mass is 9.92. The number of primary amides is 1. The summed E-state index contributed by atoms with van der Waals surface area (Å²) in [5, 5.41) is 5.84. The van der Waals surface area contributed by atoms with Gasteiger partial charge in [0, 0.05) is 42.1 Å². The van der Waals surface area contributed by atoms with Gasteiger partial charge in [0.2, 0.25) is 23.6 Å². The maximum Gasteiger partial charge on any atom is 0.247 e. The van der Waals surface area contributed by atoms with E-state index in [1.165, 1.54) is 4.90 Å². The van der Waals surface area contributed by atoms with Crippen molar-refractivity contribution in [1.82, 2.24) is 10.2 Å². The van der Waals surface area contributed by atoms with Crippen LogP contribution in [0.4, 0.5) is 5.69 Å². The lowest BCUT2D eigenvalue weighted by Gasteiger charge is -2.36. The third kappa shape index (κ3) is 7.58. The van der Waals surface area contributed by atoms with Crippen LogP contribution in [0.1, 0.15) is 46.3 Å². The van der Waals surface area contributed by atoms with Crippen molar-refractivity contribution in [2.45, 2.75) is 51.2 Å². The molecule has 0 saturated heterocycles. The average molecular weight is 575 g/mol. The molecule has 0 radical (unpaired) electrons. The number of hydrogen-bond donors (Lipinski definition) is 3. The highest BCUT2D eigenvalue weighted by molar-refractivity contribution is 6.31. The minimum absolute atomic E-state index is 0.0114. The maximum absolute atomic E-state index is 13.6. The molecule has 3 aromatic rings. The number of carbonyl (C=O) groups excluding carboxylic acids is 5. The van der Waals surface area contributed by atoms with Gasteiger partial charge in [0.1, 0.15) is 12.1 Å². The van der Waals surface area contributed by atoms with Gasteiger partial charge < -0.3 is 21.3 Å². The van der Waals surface area contributed by atoms with Gasteiger partial charge in [0.05, 0.1) is 6.42 Å². The SMILES string of the molecule is Cc1cc(NC(=O)[C@H](CC(N)=O)NC(=O)[C@@H]2Cc3ccccc3CN2C(=O)CCC(=O)c2ccccc2)ccc1Cl. The van der Waals surface area contributed by atoms with E-state index in [2.05, 4.69) is 10.6 Å². The molecule has 4 amide bonds. The number of halogens is 1. The van der Waals surface area contributed by atoms with Crippen molar-refractivity contribution < 1.29 is 24.0 Å². The molecule has 41 heavy (non-hydrogen) atoms. The number of aryl methyl sites for hydroxylation is 1. The Morgan fingerprint density at radius 2 is 1.63 bits per heavy atom. The van der Waals surface area contributed by atoms with Crippen molar-refractivity contribution >= 4 is 46.7 Å². The van der Waals surface area contributed by atoms with Gasteiger partial charge in [0.25, 0.3) is 0 Å². The van der Waals surface area contributed by atoms with E-state index in [-0.39, 0.29) is 37.5 Å². The quantitative estimate of drug-likeness (QED) is 0.318. The van der Waals surface area contributed by atoms with Gasteiger partial charge >= 0.3 is 0 Å².